The second-order valence-corrected chi connectivity index (χ2v) is 4.97. The van der Waals surface area contributed by atoms with E-state index in [1.165, 1.54) is 7.11 Å². The van der Waals surface area contributed by atoms with Gasteiger partial charge < -0.3 is 19.9 Å². The zero-order chi connectivity index (χ0) is 17.4. The smallest absolute Gasteiger partial charge is 0.344 e. The SMILES string of the molecule is COc1ccc(OCC(=O)O[C@H](C(=O)NC(N)=O)C(C)C)cc1. The molecule has 1 atom stereocenters. The number of methoxy groups -OCH3 is 1. The summed E-state index contributed by atoms with van der Waals surface area (Å²) in [4.78, 5) is 34.2. The lowest BCUT2D eigenvalue weighted by Crippen LogP contribution is -2.46. The van der Waals surface area contributed by atoms with E-state index in [0.717, 1.165) is 0 Å². The molecule has 0 unspecified atom stereocenters. The second-order valence-electron chi connectivity index (χ2n) is 4.97. The molecule has 0 aliphatic rings. The van der Waals surface area contributed by atoms with Crippen LogP contribution in [0.25, 0.3) is 0 Å². The summed E-state index contributed by atoms with van der Waals surface area (Å²) in [5.41, 5.74) is 4.87. The van der Waals surface area contributed by atoms with Gasteiger partial charge in [0.05, 0.1) is 7.11 Å². The first-order chi connectivity index (χ1) is 10.8. The summed E-state index contributed by atoms with van der Waals surface area (Å²) in [5.74, 6) is -0.739. The molecule has 0 fully saturated rings. The van der Waals surface area contributed by atoms with Gasteiger partial charge in [-0.3, -0.25) is 10.1 Å². The molecule has 23 heavy (non-hydrogen) atoms. The Morgan fingerprint density at radius 3 is 2.17 bits per heavy atom. The van der Waals surface area contributed by atoms with Crippen molar-refractivity contribution in [3.63, 3.8) is 0 Å². The van der Waals surface area contributed by atoms with E-state index in [4.69, 9.17) is 19.9 Å². The van der Waals surface area contributed by atoms with E-state index in [2.05, 4.69) is 0 Å². The second kappa shape index (κ2) is 8.62. The maximum atomic E-state index is 11.8. The maximum Gasteiger partial charge on any atom is 0.344 e. The highest BCUT2D eigenvalue weighted by Gasteiger charge is 2.27. The molecule has 8 nitrogen and oxygen atoms in total. The Labute approximate surface area is 133 Å². The van der Waals surface area contributed by atoms with Crippen molar-refractivity contribution in [3.05, 3.63) is 24.3 Å². The molecule has 0 bridgehead atoms. The Bertz CT molecular complexity index is 556. The van der Waals surface area contributed by atoms with Crippen LogP contribution in [-0.4, -0.2) is 37.7 Å². The third kappa shape index (κ3) is 6.25. The van der Waals surface area contributed by atoms with Crippen molar-refractivity contribution < 1.29 is 28.6 Å². The van der Waals surface area contributed by atoms with Crippen LogP contribution in [0.5, 0.6) is 11.5 Å². The number of carbonyl (C=O) groups excluding carboxylic acids is 3. The molecule has 0 saturated heterocycles. The first-order valence-corrected chi connectivity index (χ1v) is 6.90. The van der Waals surface area contributed by atoms with Crippen LogP contribution in [0.3, 0.4) is 0 Å². The number of benzene rings is 1. The number of ether oxygens (including phenoxy) is 3. The van der Waals surface area contributed by atoms with Crippen molar-refractivity contribution in [1.29, 1.82) is 0 Å². The minimum atomic E-state index is -1.13. The summed E-state index contributed by atoms with van der Waals surface area (Å²) in [6.07, 6.45) is -1.13. The predicted molar refractivity (Wildman–Crippen MR) is 80.9 cm³/mol. The summed E-state index contributed by atoms with van der Waals surface area (Å²) < 4.78 is 15.3. The largest absolute Gasteiger partial charge is 0.497 e. The van der Waals surface area contributed by atoms with Gasteiger partial charge in [0, 0.05) is 0 Å². The molecule has 3 N–H and O–H groups in total. The van der Waals surface area contributed by atoms with Gasteiger partial charge in [0.1, 0.15) is 11.5 Å². The van der Waals surface area contributed by atoms with E-state index in [1.807, 2.05) is 5.32 Å². The molecule has 3 amide bonds. The molecule has 126 valence electrons. The van der Waals surface area contributed by atoms with Gasteiger partial charge in [-0.05, 0) is 30.2 Å². The van der Waals surface area contributed by atoms with Crippen molar-refractivity contribution >= 4 is 17.9 Å². The van der Waals surface area contributed by atoms with E-state index in [9.17, 15) is 14.4 Å². The van der Waals surface area contributed by atoms with Crippen molar-refractivity contribution in [1.82, 2.24) is 5.32 Å². The van der Waals surface area contributed by atoms with Crippen LogP contribution in [0.4, 0.5) is 4.79 Å². The van der Waals surface area contributed by atoms with Crippen molar-refractivity contribution in [2.75, 3.05) is 13.7 Å². The molecule has 8 heteroatoms. The number of carbonyl (C=O) groups is 3. The molecular weight excluding hydrogens is 304 g/mol. The molecular formula is C15H20N2O6. The van der Waals surface area contributed by atoms with E-state index < -0.39 is 24.0 Å². The van der Waals surface area contributed by atoms with Crippen LogP contribution >= 0.6 is 0 Å². The Morgan fingerprint density at radius 2 is 1.70 bits per heavy atom. The number of esters is 1. The Morgan fingerprint density at radius 1 is 1.13 bits per heavy atom. The Kier molecular flexibility index (Phi) is 6.85. The molecule has 0 radical (unpaired) electrons. The normalized spacial score (nSPS) is 11.5. The van der Waals surface area contributed by atoms with Crippen molar-refractivity contribution in [2.24, 2.45) is 11.7 Å². The average molecular weight is 324 g/mol. The van der Waals surface area contributed by atoms with Crippen molar-refractivity contribution in [2.45, 2.75) is 20.0 Å². The van der Waals surface area contributed by atoms with Crippen molar-refractivity contribution in [3.8, 4) is 11.5 Å². The quantitative estimate of drug-likeness (QED) is 0.718. The van der Waals surface area contributed by atoms with Gasteiger partial charge in [0.2, 0.25) is 0 Å². The number of rotatable bonds is 7. The monoisotopic (exact) mass is 324 g/mol. The van der Waals surface area contributed by atoms with Gasteiger partial charge in [-0.1, -0.05) is 13.8 Å². The van der Waals surface area contributed by atoms with E-state index in [-0.39, 0.29) is 12.5 Å². The molecule has 0 heterocycles. The zero-order valence-electron chi connectivity index (χ0n) is 13.2. The van der Waals surface area contributed by atoms with Crippen LogP contribution in [0.1, 0.15) is 13.8 Å². The summed E-state index contributed by atoms with van der Waals surface area (Å²) in [6.45, 7) is 2.96. The lowest BCUT2D eigenvalue weighted by molar-refractivity contribution is -0.160. The maximum absolute atomic E-state index is 11.8. The number of hydrogen-bond donors (Lipinski definition) is 2. The van der Waals surface area contributed by atoms with Gasteiger partial charge >= 0.3 is 12.0 Å². The standard InChI is InChI=1S/C15H20N2O6/c1-9(2)13(14(19)17-15(16)20)23-12(18)8-22-11-6-4-10(21-3)5-7-11/h4-7,9,13H,8H2,1-3H3,(H3,16,17,19,20)/t13-/m0/s1. The lowest BCUT2D eigenvalue weighted by Gasteiger charge is -2.19. The minimum Gasteiger partial charge on any atom is -0.497 e. The minimum absolute atomic E-state index is 0.334. The molecule has 0 aliphatic carbocycles. The highest BCUT2D eigenvalue weighted by Crippen LogP contribution is 2.17. The summed E-state index contributed by atoms with van der Waals surface area (Å²) in [6, 6.07) is 5.61. The third-order valence-corrected chi connectivity index (χ3v) is 2.78. The topological polar surface area (TPSA) is 117 Å². The third-order valence-electron chi connectivity index (χ3n) is 2.78. The fourth-order valence-electron chi connectivity index (χ4n) is 1.67. The Balaban J connectivity index is 2.54. The number of nitrogens with two attached hydrogens (primary N) is 1. The fraction of sp³-hybridized carbons (Fsp3) is 0.400. The zero-order valence-corrected chi connectivity index (χ0v) is 13.2. The van der Waals surface area contributed by atoms with Gasteiger partial charge in [0.25, 0.3) is 5.91 Å². The number of amides is 3. The number of primary amides is 1. The molecule has 0 aromatic heterocycles. The molecule has 0 spiro atoms. The van der Waals surface area contributed by atoms with Crippen LogP contribution < -0.4 is 20.5 Å². The number of urea groups is 1. The molecule has 0 aliphatic heterocycles. The van der Waals surface area contributed by atoms with E-state index in [1.54, 1.807) is 38.1 Å². The van der Waals surface area contributed by atoms with Crippen LogP contribution in [0.15, 0.2) is 24.3 Å². The molecule has 1 rings (SSSR count). The van der Waals surface area contributed by atoms with Gasteiger partial charge in [-0.25, -0.2) is 9.59 Å². The summed E-state index contributed by atoms with van der Waals surface area (Å²) >= 11 is 0. The van der Waals surface area contributed by atoms with Crippen LogP contribution in [-0.2, 0) is 14.3 Å². The molecule has 0 saturated carbocycles. The number of nitrogens with one attached hydrogen (secondary N) is 1. The van der Waals surface area contributed by atoms with Gasteiger partial charge in [-0.15, -0.1) is 0 Å². The Hall–Kier alpha value is -2.77. The number of hydrogen-bond acceptors (Lipinski definition) is 6. The average Bonchev–Trinajstić information content (AvgIpc) is 2.50. The highest BCUT2D eigenvalue weighted by molar-refractivity contribution is 5.96. The van der Waals surface area contributed by atoms with E-state index >= 15 is 0 Å². The van der Waals surface area contributed by atoms with Gasteiger partial charge in [0.15, 0.2) is 12.7 Å². The summed E-state index contributed by atoms with van der Waals surface area (Å²) in [7, 11) is 1.54. The highest BCUT2D eigenvalue weighted by atomic mass is 16.6. The number of imide groups is 1. The molecule has 1 aromatic carbocycles. The van der Waals surface area contributed by atoms with Gasteiger partial charge in [-0.2, -0.15) is 0 Å². The lowest BCUT2D eigenvalue weighted by atomic mass is 10.1. The first kappa shape index (κ1) is 18.3. The predicted octanol–water partition coefficient (Wildman–Crippen LogP) is 0.837. The van der Waals surface area contributed by atoms with E-state index in [0.29, 0.717) is 11.5 Å². The molecule has 1 aromatic rings. The van der Waals surface area contributed by atoms with Crippen LogP contribution in [0, 0.1) is 5.92 Å². The van der Waals surface area contributed by atoms with Crippen LogP contribution in [0.2, 0.25) is 0 Å². The first-order valence-electron chi connectivity index (χ1n) is 6.90. The summed E-state index contributed by atoms with van der Waals surface area (Å²) in [5, 5.41) is 1.88. The fourth-order valence-corrected chi connectivity index (χ4v) is 1.67.